The minimum Gasteiger partial charge on any atom is -0.397 e. The van der Waals surface area contributed by atoms with Crippen LogP contribution in [0.25, 0.3) is 0 Å². The molecule has 0 aromatic carbocycles. The number of fused-ring (bicyclic) bond motifs is 1. The molecule has 2 aliphatic heterocycles. The third-order valence-corrected chi connectivity index (χ3v) is 5.01. The van der Waals surface area contributed by atoms with Crippen LogP contribution in [0.3, 0.4) is 0 Å². The zero-order valence-corrected chi connectivity index (χ0v) is 11.4. The highest BCUT2D eigenvalue weighted by molar-refractivity contribution is 7.12. The smallest absolute Gasteiger partial charge is 0.266 e. The van der Waals surface area contributed by atoms with E-state index in [-0.39, 0.29) is 11.9 Å². The number of nitrogens with zero attached hydrogens (tertiary/aromatic N) is 2. The number of hydrogen-bond donors (Lipinski definition) is 1. The molecule has 0 saturated carbocycles. The van der Waals surface area contributed by atoms with Gasteiger partial charge in [-0.15, -0.1) is 11.3 Å². The molecule has 1 aromatic heterocycles. The van der Waals surface area contributed by atoms with Gasteiger partial charge in [-0.3, -0.25) is 9.69 Å². The van der Waals surface area contributed by atoms with Crippen LogP contribution in [0.15, 0.2) is 11.4 Å². The summed E-state index contributed by atoms with van der Waals surface area (Å²) in [4.78, 5) is 17.7. The van der Waals surface area contributed by atoms with Gasteiger partial charge in [0.2, 0.25) is 0 Å². The van der Waals surface area contributed by atoms with Gasteiger partial charge in [-0.25, -0.2) is 0 Å². The number of nitrogens with two attached hydrogens (primary N) is 1. The fourth-order valence-electron chi connectivity index (χ4n) is 3.09. The van der Waals surface area contributed by atoms with Crippen molar-refractivity contribution in [2.75, 3.05) is 25.4 Å². The van der Waals surface area contributed by atoms with E-state index in [1.54, 1.807) is 0 Å². The van der Waals surface area contributed by atoms with Crippen molar-refractivity contribution >= 4 is 22.9 Å². The van der Waals surface area contributed by atoms with Crippen LogP contribution in [0.1, 0.15) is 29.4 Å². The van der Waals surface area contributed by atoms with Crippen LogP contribution in [-0.2, 0) is 0 Å². The Kier molecular flexibility index (Phi) is 3.03. The number of rotatable bonds is 1. The topological polar surface area (TPSA) is 49.6 Å². The maximum atomic E-state index is 12.5. The highest BCUT2D eigenvalue weighted by atomic mass is 32.1. The maximum absolute atomic E-state index is 12.5. The fourth-order valence-corrected chi connectivity index (χ4v) is 3.87. The molecule has 0 bridgehead atoms. The lowest BCUT2D eigenvalue weighted by Crippen LogP contribution is -2.56. The van der Waals surface area contributed by atoms with Gasteiger partial charge >= 0.3 is 0 Å². The molecule has 4 nitrogen and oxygen atoms in total. The van der Waals surface area contributed by atoms with E-state index < -0.39 is 0 Å². The van der Waals surface area contributed by atoms with Crippen LogP contribution in [-0.4, -0.2) is 47.4 Å². The second-order valence-electron chi connectivity index (χ2n) is 5.30. The summed E-state index contributed by atoms with van der Waals surface area (Å²) < 4.78 is 0. The number of amides is 1. The molecule has 18 heavy (non-hydrogen) atoms. The Hall–Kier alpha value is -1.07. The molecule has 2 saturated heterocycles. The van der Waals surface area contributed by atoms with Gasteiger partial charge in [0.05, 0.1) is 5.69 Å². The molecule has 5 heteroatoms. The van der Waals surface area contributed by atoms with E-state index in [4.69, 9.17) is 5.73 Å². The third-order valence-electron chi connectivity index (χ3n) is 4.09. The number of hydrogen-bond acceptors (Lipinski definition) is 4. The average molecular weight is 265 g/mol. The lowest BCUT2D eigenvalue weighted by Gasteiger charge is -2.42. The summed E-state index contributed by atoms with van der Waals surface area (Å²) in [7, 11) is 0. The molecule has 2 atom stereocenters. The van der Waals surface area contributed by atoms with Crippen LogP contribution in [0.2, 0.25) is 0 Å². The highest BCUT2D eigenvalue weighted by Crippen LogP contribution is 2.28. The van der Waals surface area contributed by atoms with E-state index in [9.17, 15) is 4.79 Å². The molecule has 2 fully saturated rings. The Balaban J connectivity index is 1.79. The molecular weight excluding hydrogens is 246 g/mol. The van der Waals surface area contributed by atoms with E-state index >= 15 is 0 Å². The zero-order chi connectivity index (χ0) is 12.7. The molecule has 0 spiro atoms. The van der Waals surface area contributed by atoms with Crippen molar-refractivity contribution in [1.82, 2.24) is 9.80 Å². The molecule has 1 amide bonds. The number of carbonyl (C=O) groups excluding carboxylic acids is 1. The highest BCUT2D eigenvalue weighted by Gasteiger charge is 2.37. The van der Waals surface area contributed by atoms with Crippen molar-refractivity contribution in [2.24, 2.45) is 0 Å². The van der Waals surface area contributed by atoms with Crippen LogP contribution in [0, 0.1) is 0 Å². The van der Waals surface area contributed by atoms with Crippen LogP contribution >= 0.6 is 11.3 Å². The van der Waals surface area contributed by atoms with E-state index in [1.807, 2.05) is 16.3 Å². The minimum atomic E-state index is 0.113. The zero-order valence-electron chi connectivity index (χ0n) is 10.6. The molecule has 2 unspecified atom stereocenters. The van der Waals surface area contributed by atoms with Gasteiger partial charge in [-0.2, -0.15) is 0 Å². The predicted molar refractivity (Wildman–Crippen MR) is 73.8 cm³/mol. The number of piperazine rings is 1. The van der Waals surface area contributed by atoms with Gasteiger partial charge < -0.3 is 10.6 Å². The molecule has 3 heterocycles. The van der Waals surface area contributed by atoms with Crippen molar-refractivity contribution < 1.29 is 4.79 Å². The first-order valence-electron chi connectivity index (χ1n) is 6.55. The van der Waals surface area contributed by atoms with Crippen molar-refractivity contribution in [3.8, 4) is 0 Å². The van der Waals surface area contributed by atoms with Gasteiger partial charge in [0.15, 0.2) is 0 Å². The molecule has 0 aliphatic carbocycles. The van der Waals surface area contributed by atoms with Crippen LogP contribution in [0.5, 0.6) is 0 Å². The summed E-state index contributed by atoms with van der Waals surface area (Å²) in [6.45, 7) is 5.19. The van der Waals surface area contributed by atoms with E-state index in [1.165, 1.54) is 30.7 Å². The lowest BCUT2D eigenvalue weighted by atomic mass is 10.1. The predicted octanol–water partition coefficient (Wildman–Crippen LogP) is 1.64. The van der Waals surface area contributed by atoms with Gasteiger partial charge in [-0.05, 0) is 37.8 Å². The molecular formula is C13H19N3OS. The third kappa shape index (κ3) is 1.91. The lowest BCUT2D eigenvalue weighted by molar-refractivity contribution is 0.0400. The van der Waals surface area contributed by atoms with Gasteiger partial charge in [-0.1, -0.05) is 0 Å². The standard InChI is InChI=1S/C13H19N3OS/c1-9-7-15-5-2-3-10(15)8-16(9)13(17)12-11(14)4-6-18-12/h4,6,9-10H,2-3,5,7-8,14H2,1H3. The Morgan fingerprint density at radius 1 is 1.50 bits per heavy atom. The summed E-state index contributed by atoms with van der Waals surface area (Å²) in [6, 6.07) is 2.66. The fraction of sp³-hybridized carbons (Fsp3) is 0.615. The number of carbonyl (C=O) groups is 1. The van der Waals surface area contributed by atoms with Gasteiger partial charge in [0, 0.05) is 25.2 Å². The summed E-state index contributed by atoms with van der Waals surface area (Å²) in [5, 5.41) is 1.89. The SMILES string of the molecule is CC1CN2CCCC2CN1C(=O)c1sccc1N. The summed E-state index contributed by atoms with van der Waals surface area (Å²) in [5.74, 6) is 0.113. The quantitative estimate of drug-likeness (QED) is 0.840. The van der Waals surface area contributed by atoms with Crippen molar-refractivity contribution in [3.05, 3.63) is 16.3 Å². The number of anilines is 1. The first-order valence-corrected chi connectivity index (χ1v) is 7.43. The van der Waals surface area contributed by atoms with Crippen LogP contribution < -0.4 is 5.73 Å². The van der Waals surface area contributed by atoms with Gasteiger partial charge in [0.25, 0.3) is 5.91 Å². The molecule has 2 aliphatic rings. The Morgan fingerprint density at radius 3 is 3.06 bits per heavy atom. The van der Waals surface area contributed by atoms with Crippen molar-refractivity contribution in [3.63, 3.8) is 0 Å². The van der Waals surface area contributed by atoms with Crippen molar-refractivity contribution in [2.45, 2.75) is 31.8 Å². The summed E-state index contributed by atoms with van der Waals surface area (Å²) >= 11 is 1.45. The molecule has 2 N–H and O–H groups in total. The molecule has 98 valence electrons. The number of thiophene rings is 1. The van der Waals surface area contributed by atoms with Crippen molar-refractivity contribution in [1.29, 1.82) is 0 Å². The average Bonchev–Trinajstić information content (AvgIpc) is 2.95. The summed E-state index contributed by atoms with van der Waals surface area (Å²) in [6.07, 6.45) is 2.48. The molecule has 1 aromatic rings. The molecule has 3 rings (SSSR count). The van der Waals surface area contributed by atoms with E-state index in [2.05, 4.69) is 11.8 Å². The minimum absolute atomic E-state index is 0.113. The van der Waals surface area contributed by atoms with E-state index in [0.717, 1.165) is 13.1 Å². The first-order chi connectivity index (χ1) is 8.66. The Bertz CT molecular complexity index is 459. The summed E-state index contributed by atoms with van der Waals surface area (Å²) in [5.41, 5.74) is 6.47. The Morgan fingerprint density at radius 2 is 2.33 bits per heavy atom. The molecule has 0 radical (unpaired) electrons. The van der Waals surface area contributed by atoms with Gasteiger partial charge in [0.1, 0.15) is 4.88 Å². The first kappa shape index (κ1) is 12.0. The Labute approximate surface area is 111 Å². The van der Waals surface area contributed by atoms with E-state index in [0.29, 0.717) is 16.6 Å². The second-order valence-corrected chi connectivity index (χ2v) is 6.22. The van der Waals surface area contributed by atoms with Crippen LogP contribution in [0.4, 0.5) is 5.69 Å². The number of nitrogen functional groups attached to an aromatic ring is 1. The monoisotopic (exact) mass is 265 g/mol. The largest absolute Gasteiger partial charge is 0.397 e. The maximum Gasteiger partial charge on any atom is 0.266 e. The normalized spacial score (nSPS) is 28.4. The second kappa shape index (κ2) is 4.55.